The van der Waals surface area contributed by atoms with Crippen LogP contribution in [0.1, 0.15) is 0 Å². The predicted octanol–water partition coefficient (Wildman–Crippen LogP) is -1.13. The van der Waals surface area contributed by atoms with Gasteiger partial charge >= 0.3 is 0 Å². The van der Waals surface area contributed by atoms with E-state index in [0.717, 1.165) is 0 Å². The first kappa shape index (κ1) is 15.0. The molecule has 112 valence electrons. The molecule has 1 aromatic rings. The minimum absolute atomic E-state index is 0.382. The number of hydrogen-bond acceptors (Lipinski definition) is 7. The van der Waals surface area contributed by atoms with Gasteiger partial charge in [0.05, 0.1) is 13.7 Å². The monoisotopic (exact) mass is 286 g/mol. The van der Waals surface area contributed by atoms with Crippen molar-refractivity contribution in [2.24, 2.45) is 0 Å². The van der Waals surface area contributed by atoms with E-state index in [9.17, 15) is 15.3 Å². The molecule has 0 bridgehead atoms. The molecule has 1 saturated heterocycles. The molecule has 0 spiro atoms. The lowest BCUT2D eigenvalue weighted by molar-refractivity contribution is -0.280. The van der Waals surface area contributed by atoms with Crippen LogP contribution in [0.2, 0.25) is 0 Å². The summed E-state index contributed by atoms with van der Waals surface area (Å²) < 4.78 is 15.4. The largest absolute Gasteiger partial charge is 0.497 e. The van der Waals surface area contributed by atoms with E-state index < -0.39 is 37.3 Å². The molecule has 1 aliphatic rings. The van der Waals surface area contributed by atoms with Gasteiger partial charge in [-0.15, -0.1) is 0 Å². The van der Waals surface area contributed by atoms with Gasteiger partial charge in [0, 0.05) is 0 Å². The molecule has 7 heteroatoms. The molecule has 1 fully saturated rings. The highest BCUT2D eigenvalue weighted by Gasteiger charge is 2.45. The van der Waals surface area contributed by atoms with Crippen LogP contribution >= 0.6 is 0 Å². The highest BCUT2D eigenvalue weighted by molar-refractivity contribution is 5.31. The Morgan fingerprint density at radius 1 is 1.05 bits per heavy atom. The predicted molar refractivity (Wildman–Crippen MR) is 67.4 cm³/mol. The van der Waals surface area contributed by atoms with E-state index in [1.54, 1.807) is 24.3 Å². The summed E-state index contributed by atoms with van der Waals surface area (Å²) in [4.78, 5) is 0. The molecule has 1 heterocycles. The second-order valence-electron chi connectivity index (χ2n) is 4.49. The third-order valence-corrected chi connectivity index (χ3v) is 3.17. The molecule has 1 unspecified atom stereocenters. The minimum atomic E-state index is -1.45. The summed E-state index contributed by atoms with van der Waals surface area (Å²) in [6.45, 7) is -0.509. The normalized spacial score (nSPS) is 33.8. The van der Waals surface area contributed by atoms with Crippen LogP contribution in [0.5, 0.6) is 11.5 Å². The van der Waals surface area contributed by atoms with Crippen molar-refractivity contribution >= 4 is 0 Å². The first-order valence-electron chi connectivity index (χ1n) is 6.18. The van der Waals surface area contributed by atoms with Crippen molar-refractivity contribution < 1.29 is 34.6 Å². The first-order valence-corrected chi connectivity index (χ1v) is 6.18. The van der Waals surface area contributed by atoms with Crippen molar-refractivity contribution in [3.63, 3.8) is 0 Å². The van der Waals surface area contributed by atoms with Gasteiger partial charge in [-0.3, -0.25) is 0 Å². The van der Waals surface area contributed by atoms with Gasteiger partial charge in [-0.1, -0.05) is 0 Å². The van der Waals surface area contributed by atoms with Gasteiger partial charge in [0.15, 0.2) is 12.4 Å². The van der Waals surface area contributed by atoms with Crippen LogP contribution < -0.4 is 9.47 Å². The standard InChI is InChI=1S/C13H18O7/c1-18-7-2-4-8(5-3-7)19-12-11(16)10(15)9(6-14)20-13(12)17/h2-5,9-17H,6H2,1H3/t9-,10+,11+,12-,13?/m1/s1. The van der Waals surface area contributed by atoms with Crippen molar-refractivity contribution in [3.05, 3.63) is 24.3 Å². The summed E-state index contributed by atoms with van der Waals surface area (Å²) in [7, 11) is 1.53. The number of hydrogen-bond donors (Lipinski definition) is 4. The lowest BCUT2D eigenvalue weighted by Crippen LogP contribution is -2.60. The third-order valence-electron chi connectivity index (χ3n) is 3.17. The topological polar surface area (TPSA) is 109 Å². The van der Waals surface area contributed by atoms with Crippen LogP contribution in [0.3, 0.4) is 0 Å². The Morgan fingerprint density at radius 3 is 2.20 bits per heavy atom. The molecule has 1 aromatic carbocycles. The summed E-state index contributed by atoms with van der Waals surface area (Å²) in [5.41, 5.74) is 0. The molecule has 7 nitrogen and oxygen atoms in total. The second kappa shape index (κ2) is 6.38. The fourth-order valence-electron chi connectivity index (χ4n) is 2.01. The minimum Gasteiger partial charge on any atom is -0.497 e. The van der Waals surface area contributed by atoms with Crippen molar-refractivity contribution in [2.45, 2.75) is 30.7 Å². The Morgan fingerprint density at radius 2 is 1.65 bits per heavy atom. The van der Waals surface area contributed by atoms with E-state index >= 15 is 0 Å². The number of aliphatic hydroxyl groups is 4. The fraction of sp³-hybridized carbons (Fsp3) is 0.538. The highest BCUT2D eigenvalue weighted by Crippen LogP contribution is 2.25. The van der Waals surface area contributed by atoms with Gasteiger partial charge in [-0.2, -0.15) is 0 Å². The summed E-state index contributed by atoms with van der Waals surface area (Å²) in [5.74, 6) is 1.02. The van der Waals surface area contributed by atoms with E-state index in [2.05, 4.69) is 0 Å². The molecule has 4 N–H and O–H groups in total. The molecule has 2 rings (SSSR count). The maximum Gasteiger partial charge on any atom is 0.195 e. The molecule has 0 aromatic heterocycles. The van der Waals surface area contributed by atoms with Crippen LogP contribution in [0.4, 0.5) is 0 Å². The average Bonchev–Trinajstić information content (AvgIpc) is 2.48. The Kier molecular flexibility index (Phi) is 4.79. The van der Waals surface area contributed by atoms with E-state index in [0.29, 0.717) is 11.5 Å². The third kappa shape index (κ3) is 3.02. The molecule has 20 heavy (non-hydrogen) atoms. The first-order chi connectivity index (χ1) is 9.56. The summed E-state index contributed by atoms with van der Waals surface area (Å²) in [6, 6.07) is 6.51. The lowest BCUT2D eigenvalue weighted by atomic mass is 9.99. The molecular weight excluding hydrogens is 268 g/mol. The van der Waals surface area contributed by atoms with Crippen LogP contribution in [0, 0.1) is 0 Å². The van der Waals surface area contributed by atoms with Crippen molar-refractivity contribution in [3.8, 4) is 11.5 Å². The molecule has 0 amide bonds. The summed E-state index contributed by atoms with van der Waals surface area (Å²) in [6.07, 6.45) is -6.37. The Hall–Kier alpha value is -1.38. The number of ether oxygens (including phenoxy) is 3. The SMILES string of the molecule is COc1ccc(O[C@H]2C(O)O[C@H](CO)[C@H](O)[C@@H]2O)cc1. The second-order valence-corrected chi connectivity index (χ2v) is 4.49. The van der Waals surface area contributed by atoms with Crippen LogP contribution in [0.15, 0.2) is 24.3 Å². The molecule has 0 aliphatic carbocycles. The van der Waals surface area contributed by atoms with Crippen molar-refractivity contribution in [1.82, 2.24) is 0 Å². The maximum atomic E-state index is 9.92. The van der Waals surface area contributed by atoms with Gasteiger partial charge in [-0.25, -0.2) is 0 Å². The Balaban J connectivity index is 2.07. The van der Waals surface area contributed by atoms with Gasteiger partial charge in [0.2, 0.25) is 0 Å². The zero-order chi connectivity index (χ0) is 14.7. The van der Waals surface area contributed by atoms with Crippen LogP contribution in [0.25, 0.3) is 0 Å². The van der Waals surface area contributed by atoms with E-state index in [1.807, 2.05) is 0 Å². The number of rotatable bonds is 4. The Labute approximate surface area is 115 Å². The van der Waals surface area contributed by atoms with Crippen molar-refractivity contribution in [1.29, 1.82) is 0 Å². The number of methoxy groups -OCH3 is 1. The zero-order valence-electron chi connectivity index (χ0n) is 10.9. The van der Waals surface area contributed by atoms with Crippen LogP contribution in [-0.2, 0) is 4.74 Å². The molecule has 0 radical (unpaired) electrons. The molecule has 5 atom stereocenters. The fourth-order valence-corrected chi connectivity index (χ4v) is 2.01. The van der Waals surface area contributed by atoms with E-state index in [-0.39, 0.29) is 0 Å². The smallest absolute Gasteiger partial charge is 0.195 e. The zero-order valence-corrected chi connectivity index (χ0v) is 10.9. The van der Waals surface area contributed by atoms with Gasteiger partial charge in [0.1, 0.15) is 29.8 Å². The van der Waals surface area contributed by atoms with E-state index in [1.165, 1.54) is 7.11 Å². The summed E-state index contributed by atoms with van der Waals surface area (Å²) >= 11 is 0. The molecule has 1 aliphatic heterocycles. The van der Waals surface area contributed by atoms with Gasteiger partial charge in [-0.05, 0) is 24.3 Å². The number of benzene rings is 1. The number of aliphatic hydroxyl groups excluding tert-OH is 4. The lowest BCUT2D eigenvalue weighted by Gasteiger charge is -2.39. The van der Waals surface area contributed by atoms with Crippen molar-refractivity contribution in [2.75, 3.05) is 13.7 Å². The summed E-state index contributed by atoms with van der Waals surface area (Å²) in [5, 5.41) is 38.4. The highest BCUT2D eigenvalue weighted by atomic mass is 16.7. The van der Waals surface area contributed by atoms with Crippen LogP contribution in [-0.4, -0.2) is 64.8 Å². The van der Waals surface area contributed by atoms with E-state index in [4.69, 9.17) is 19.3 Å². The quantitative estimate of drug-likeness (QED) is 0.555. The maximum absolute atomic E-state index is 9.92. The molecule has 0 saturated carbocycles. The van der Waals surface area contributed by atoms with Gasteiger partial charge in [0.25, 0.3) is 0 Å². The average molecular weight is 286 g/mol. The van der Waals surface area contributed by atoms with Gasteiger partial charge < -0.3 is 34.6 Å². The Bertz CT molecular complexity index is 421. The molecular formula is C13H18O7.